The number of nitrogens with zero attached hydrogens (tertiary/aromatic N) is 2. The highest BCUT2D eigenvalue weighted by Gasteiger charge is 2.20. The van der Waals surface area contributed by atoms with E-state index in [0.717, 1.165) is 36.3 Å². The molecule has 0 bridgehead atoms. The maximum atomic E-state index is 10.8. The Labute approximate surface area is 120 Å². The number of aliphatic hydroxyl groups is 1. The number of carboxylic acid groups (broad SMARTS) is 1. The number of halogens is 1. The molecule has 104 valence electrons. The number of hydrogen-bond donors (Lipinski definition) is 2. The predicted octanol–water partition coefficient (Wildman–Crippen LogP) is 1.32. The minimum atomic E-state index is -1.47. The van der Waals surface area contributed by atoms with Crippen molar-refractivity contribution in [2.45, 2.75) is 6.10 Å². The number of carboxylic acids is 1. The van der Waals surface area contributed by atoms with Crippen LogP contribution in [-0.4, -0.2) is 54.3 Å². The second-order valence-electron chi connectivity index (χ2n) is 4.74. The fraction of sp³-hybridized carbons (Fsp3) is 0.462. The van der Waals surface area contributed by atoms with Crippen LogP contribution in [0.2, 0.25) is 0 Å². The third-order valence-corrected chi connectivity index (χ3v) is 4.00. The maximum absolute atomic E-state index is 10.8. The predicted molar refractivity (Wildman–Crippen MR) is 76.4 cm³/mol. The van der Waals surface area contributed by atoms with E-state index in [4.69, 9.17) is 5.11 Å². The Bertz CT molecular complexity index is 473. The second kappa shape index (κ2) is 5.90. The van der Waals surface area contributed by atoms with Gasteiger partial charge >= 0.3 is 5.97 Å². The molecule has 6 heteroatoms. The van der Waals surface area contributed by atoms with Crippen LogP contribution in [0, 0.1) is 0 Å². The molecule has 0 saturated carbocycles. The van der Waals surface area contributed by atoms with Crippen molar-refractivity contribution in [3.63, 3.8) is 0 Å². The molecule has 1 saturated heterocycles. The maximum Gasteiger partial charge on any atom is 0.337 e. The lowest BCUT2D eigenvalue weighted by atomic mass is 10.1. The quantitative estimate of drug-likeness (QED) is 0.876. The van der Waals surface area contributed by atoms with Gasteiger partial charge in [0, 0.05) is 30.7 Å². The van der Waals surface area contributed by atoms with Crippen molar-refractivity contribution >= 4 is 27.6 Å². The lowest BCUT2D eigenvalue weighted by molar-refractivity contribution is -0.146. The first-order chi connectivity index (χ1) is 8.99. The summed E-state index contributed by atoms with van der Waals surface area (Å²) < 4.78 is 0.815. The van der Waals surface area contributed by atoms with Gasteiger partial charge in [0.15, 0.2) is 6.10 Å². The van der Waals surface area contributed by atoms with E-state index in [2.05, 4.69) is 32.8 Å². The van der Waals surface area contributed by atoms with Crippen LogP contribution in [0.3, 0.4) is 0 Å². The highest BCUT2D eigenvalue weighted by molar-refractivity contribution is 9.10. The van der Waals surface area contributed by atoms with Crippen molar-refractivity contribution in [1.82, 2.24) is 4.90 Å². The molecule has 0 aliphatic carbocycles. The van der Waals surface area contributed by atoms with Crippen LogP contribution >= 0.6 is 15.9 Å². The molecular weight excluding hydrogens is 312 g/mol. The fourth-order valence-corrected chi connectivity index (χ4v) is 2.79. The summed E-state index contributed by atoms with van der Waals surface area (Å²) in [6, 6.07) is 5.19. The number of piperazine rings is 1. The minimum absolute atomic E-state index is 0.386. The molecule has 1 aliphatic heterocycles. The topological polar surface area (TPSA) is 64.0 Å². The number of aliphatic carboxylic acids is 1. The van der Waals surface area contributed by atoms with Gasteiger partial charge in [0.2, 0.25) is 0 Å². The Morgan fingerprint density at radius 3 is 2.47 bits per heavy atom. The molecule has 1 unspecified atom stereocenters. The summed E-state index contributed by atoms with van der Waals surface area (Å²) in [5.41, 5.74) is 1.42. The van der Waals surface area contributed by atoms with E-state index in [0.29, 0.717) is 5.56 Å². The van der Waals surface area contributed by atoms with Crippen molar-refractivity contribution in [1.29, 1.82) is 0 Å². The fourth-order valence-electron chi connectivity index (χ4n) is 2.14. The van der Waals surface area contributed by atoms with Crippen molar-refractivity contribution in [2.75, 3.05) is 38.1 Å². The molecule has 0 spiro atoms. The van der Waals surface area contributed by atoms with Crippen LogP contribution in [0.25, 0.3) is 0 Å². The summed E-state index contributed by atoms with van der Waals surface area (Å²) in [5, 5.41) is 18.3. The van der Waals surface area contributed by atoms with E-state index in [-0.39, 0.29) is 0 Å². The molecule has 19 heavy (non-hydrogen) atoms. The molecular formula is C13H17BrN2O3. The van der Waals surface area contributed by atoms with Gasteiger partial charge < -0.3 is 20.0 Å². The SMILES string of the molecule is CN1CCN(c2ccc(C(O)C(=O)O)cc2Br)CC1. The van der Waals surface area contributed by atoms with E-state index in [1.165, 1.54) is 0 Å². The smallest absolute Gasteiger partial charge is 0.337 e. The zero-order valence-electron chi connectivity index (χ0n) is 10.7. The lowest BCUT2D eigenvalue weighted by Gasteiger charge is -2.34. The molecule has 0 radical (unpaired) electrons. The molecule has 1 heterocycles. The molecule has 5 nitrogen and oxygen atoms in total. The van der Waals surface area contributed by atoms with Crippen LogP contribution in [0.1, 0.15) is 11.7 Å². The monoisotopic (exact) mass is 328 g/mol. The minimum Gasteiger partial charge on any atom is -0.479 e. The average molecular weight is 329 g/mol. The number of carbonyl (C=O) groups is 1. The molecule has 2 rings (SSSR count). The van der Waals surface area contributed by atoms with E-state index in [1.54, 1.807) is 12.1 Å². The highest BCUT2D eigenvalue weighted by Crippen LogP contribution is 2.30. The number of benzene rings is 1. The summed E-state index contributed by atoms with van der Waals surface area (Å²) in [6.07, 6.45) is -1.47. The first-order valence-electron chi connectivity index (χ1n) is 6.13. The van der Waals surface area contributed by atoms with Gasteiger partial charge in [-0.25, -0.2) is 4.79 Å². The third-order valence-electron chi connectivity index (χ3n) is 3.37. The van der Waals surface area contributed by atoms with E-state index >= 15 is 0 Å². The van der Waals surface area contributed by atoms with Crippen molar-refractivity contribution in [3.05, 3.63) is 28.2 Å². The van der Waals surface area contributed by atoms with Crippen molar-refractivity contribution < 1.29 is 15.0 Å². The number of aliphatic hydroxyl groups excluding tert-OH is 1. The number of hydrogen-bond acceptors (Lipinski definition) is 4. The van der Waals surface area contributed by atoms with Gasteiger partial charge in [-0.1, -0.05) is 6.07 Å². The van der Waals surface area contributed by atoms with Gasteiger partial charge in [-0.05, 0) is 40.7 Å². The van der Waals surface area contributed by atoms with Gasteiger partial charge in [-0.3, -0.25) is 0 Å². The molecule has 1 aromatic carbocycles. The van der Waals surface area contributed by atoms with Gasteiger partial charge in [0.25, 0.3) is 0 Å². The second-order valence-corrected chi connectivity index (χ2v) is 5.60. The summed E-state index contributed by atoms with van der Waals surface area (Å²) >= 11 is 3.46. The molecule has 1 aromatic rings. The van der Waals surface area contributed by atoms with Crippen LogP contribution in [-0.2, 0) is 4.79 Å². The number of anilines is 1. The van der Waals surface area contributed by atoms with Crippen LogP contribution in [0.4, 0.5) is 5.69 Å². The Kier molecular flexibility index (Phi) is 4.44. The summed E-state index contributed by atoms with van der Waals surface area (Å²) in [5.74, 6) is -1.24. The van der Waals surface area contributed by atoms with Gasteiger partial charge in [0.05, 0.1) is 5.69 Å². The van der Waals surface area contributed by atoms with Crippen molar-refractivity contribution in [2.24, 2.45) is 0 Å². The van der Waals surface area contributed by atoms with Gasteiger partial charge in [0.1, 0.15) is 0 Å². The van der Waals surface area contributed by atoms with Crippen LogP contribution in [0.15, 0.2) is 22.7 Å². The Balaban J connectivity index is 2.17. The highest BCUT2D eigenvalue weighted by atomic mass is 79.9. The first kappa shape index (κ1) is 14.3. The number of likely N-dealkylation sites (N-methyl/N-ethyl adjacent to an activating group) is 1. The lowest BCUT2D eigenvalue weighted by Crippen LogP contribution is -2.44. The Morgan fingerprint density at radius 2 is 1.95 bits per heavy atom. The van der Waals surface area contributed by atoms with E-state index in [9.17, 15) is 9.90 Å². The van der Waals surface area contributed by atoms with E-state index < -0.39 is 12.1 Å². The molecule has 2 N–H and O–H groups in total. The Hall–Kier alpha value is -1.11. The normalized spacial score (nSPS) is 18.4. The molecule has 0 amide bonds. The Morgan fingerprint density at radius 1 is 1.32 bits per heavy atom. The summed E-state index contributed by atoms with van der Waals surface area (Å²) in [4.78, 5) is 15.3. The number of rotatable bonds is 3. The van der Waals surface area contributed by atoms with Crippen molar-refractivity contribution in [3.8, 4) is 0 Å². The zero-order valence-corrected chi connectivity index (χ0v) is 12.3. The standard InChI is InChI=1S/C13H17BrN2O3/c1-15-4-6-16(7-5-15)11-3-2-9(8-10(11)14)12(17)13(18)19/h2-3,8,12,17H,4-7H2,1H3,(H,18,19). The third kappa shape index (κ3) is 3.26. The molecule has 1 atom stereocenters. The molecule has 1 aliphatic rings. The summed E-state index contributed by atoms with van der Waals surface area (Å²) in [6.45, 7) is 3.89. The molecule has 1 fully saturated rings. The van der Waals surface area contributed by atoms with E-state index in [1.807, 2.05) is 6.07 Å². The summed E-state index contributed by atoms with van der Waals surface area (Å²) in [7, 11) is 2.10. The largest absolute Gasteiger partial charge is 0.479 e. The average Bonchev–Trinajstić information content (AvgIpc) is 2.39. The first-order valence-corrected chi connectivity index (χ1v) is 6.92. The molecule has 0 aromatic heterocycles. The van der Waals surface area contributed by atoms with Crippen LogP contribution in [0.5, 0.6) is 0 Å². The zero-order chi connectivity index (χ0) is 14.0. The van der Waals surface area contributed by atoms with Gasteiger partial charge in [-0.2, -0.15) is 0 Å². The van der Waals surface area contributed by atoms with Gasteiger partial charge in [-0.15, -0.1) is 0 Å². The van der Waals surface area contributed by atoms with Crippen LogP contribution < -0.4 is 4.90 Å².